The van der Waals surface area contributed by atoms with Gasteiger partial charge in [-0.25, -0.2) is 0 Å². The molecule has 1 aromatic heterocycles. The Morgan fingerprint density at radius 2 is 2.44 bits per heavy atom. The van der Waals surface area contributed by atoms with Gasteiger partial charge in [0.1, 0.15) is 0 Å². The van der Waals surface area contributed by atoms with E-state index in [0.717, 1.165) is 37.1 Å². The Kier molecular flexibility index (Phi) is 3.61. The predicted molar refractivity (Wildman–Crippen MR) is 61.1 cm³/mol. The molecular formula is C12H20N2O2. The standard InChI is InChI=1S/C12H20N2O2/c1-3-11-10(7-14(2)13-11)12-9(8-15)5-4-6-16-12/h7,9,12,15H,3-6,8H2,1-2H3. The Labute approximate surface area is 96.2 Å². The Morgan fingerprint density at radius 3 is 3.12 bits per heavy atom. The summed E-state index contributed by atoms with van der Waals surface area (Å²) in [6, 6.07) is 0. The van der Waals surface area contributed by atoms with Gasteiger partial charge in [-0.05, 0) is 19.3 Å². The highest BCUT2D eigenvalue weighted by Crippen LogP contribution is 2.34. The fourth-order valence-electron chi connectivity index (χ4n) is 2.44. The van der Waals surface area contributed by atoms with Gasteiger partial charge >= 0.3 is 0 Å². The summed E-state index contributed by atoms with van der Waals surface area (Å²) in [7, 11) is 1.93. The third-order valence-electron chi connectivity index (χ3n) is 3.26. The van der Waals surface area contributed by atoms with Gasteiger partial charge in [-0.3, -0.25) is 4.68 Å². The first-order valence-electron chi connectivity index (χ1n) is 6.01. The van der Waals surface area contributed by atoms with Crippen LogP contribution < -0.4 is 0 Å². The molecule has 0 bridgehead atoms. The van der Waals surface area contributed by atoms with Crippen LogP contribution in [0.1, 0.15) is 37.1 Å². The molecule has 1 aliphatic heterocycles. The molecule has 0 aliphatic carbocycles. The second kappa shape index (κ2) is 4.97. The van der Waals surface area contributed by atoms with E-state index in [1.807, 2.05) is 17.9 Å². The summed E-state index contributed by atoms with van der Waals surface area (Å²) in [5, 5.41) is 13.8. The Bertz CT molecular complexity index is 349. The van der Waals surface area contributed by atoms with E-state index in [0.29, 0.717) is 0 Å². The van der Waals surface area contributed by atoms with Crippen LogP contribution in [0.5, 0.6) is 0 Å². The molecule has 1 fully saturated rings. The van der Waals surface area contributed by atoms with Crippen LogP contribution in [0.15, 0.2) is 6.20 Å². The second-order valence-corrected chi connectivity index (χ2v) is 4.43. The summed E-state index contributed by atoms with van der Waals surface area (Å²) in [6.45, 7) is 3.09. The van der Waals surface area contributed by atoms with Crippen molar-refractivity contribution in [3.05, 3.63) is 17.5 Å². The number of aromatic nitrogens is 2. The number of aliphatic hydroxyl groups excluding tert-OH is 1. The highest BCUT2D eigenvalue weighted by atomic mass is 16.5. The molecule has 1 saturated heterocycles. The largest absolute Gasteiger partial charge is 0.396 e. The van der Waals surface area contributed by atoms with Crippen molar-refractivity contribution in [1.29, 1.82) is 0 Å². The number of aryl methyl sites for hydroxylation is 2. The molecule has 0 spiro atoms. The summed E-state index contributed by atoms with van der Waals surface area (Å²) >= 11 is 0. The molecule has 2 rings (SSSR count). The Hall–Kier alpha value is -0.870. The quantitative estimate of drug-likeness (QED) is 0.845. The average molecular weight is 224 g/mol. The SMILES string of the molecule is CCc1nn(C)cc1C1OCCCC1CO. The fraction of sp³-hybridized carbons (Fsp3) is 0.750. The average Bonchev–Trinajstić information content (AvgIpc) is 2.70. The third kappa shape index (κ3) is 2.13. The van der Waals surface area contributed by atoms with Crippen molar-refractivity contribution in [2.45, 2.75) is 32.3 Å². The van der Waals surface area contributed by atoms with Crippen molar-refractivity contribution in [2.75, 3.05) is 13.2 Å². The topological polar surface area (TPSA) is 47.3 Å². The smallest absolute Gasteiger partial charge is 0.0908 e. The second-order valence-electron chi connectivity index (χ2n) is 4.43. The van der Waals surface area contributed by atoms with Crippen LogP contribution in [0.3, 0.4) is 0 Å². The van der Waals surface area contributed by atoms with Gasteiger partial charge < -0.3 is 9.84 Å². The van der Waals surface area contributed by atoms with Crippen LogP contribution in [0, 0.1) is 5.92 Å². The van der Waals surface area contributed by atoms with E-state index in [2.05, 4.69) is 12.0 Å². The van der Waals surface area contributed by atoms with Crippen molar-refractivity contribution in [1.82, 2.24) is 9.78 Å². The van der Waals surface area contributed by atoms with Crippen molar-refractivity contribution in [2.24, 2.45) is 13.0 Å². The Balaban J connectivity index is 2.26. The Morgan fingerprint density at radius 1 is 1.62 bits per heavy atom. The van der Waals surface area contributed by atoms with E-state index in [4.69, 9.17) is 4.74 Å². The van der Waals surface area contributed by atoms with Gasteiger partial charge in [0.25, 0.3) is 0 Å². The molecule has 1 N–H and O–H groups in total. The van der Waals surface area contributed by atoms with E-state index < -0.39 is 0 Å². The summed E-state index contributed by atoms with van der Waals surface area (Å²) in [5.41, 5.74) is 2.25. The lowest BCUT2D eigenvalue weighted by Crippen LogP contribution is -2.25. The molecule has 4 nitrogen and oxygen atoms in total. The molecule has 2 unspecified atom stereocenters. The maximum atomic E-state index is 9.39. The molecule has 1 aliphatic rings. The van der Waals surface area contributed by atoms with E-state index in [1.165, 1.54) is 0 Å². The zero-order valence-corrected chi connectivity index (χ0v) is 10.0. The van der Waals surface area contributed by atoms with Gasteiger partial charge in [-0.1, -0.05) is 6.92 Å². The van der Waals surface area contributed by atoms with Crippen LogP contribution in [0.25, 0.3) is 0 Å². The predicted octanol–water partition coefficient (Wildman–Crippen LogP) is 1.44. The third-order valence-corrected chi connectivity index (χ3v) is 3.26. The van der Waals surface area contributed by atoms with E-state index >= 15 is 0 Å². The minimum absolute atomic E-state index is 0.0300. The highest BCUT2D eigenvalue weighted by Gasteiger charge is 2.29. The first kappa shape index (κ1) is 11.6. The molecule has 4 heteroatoms. The number of hydrogen-bond donors (Lipinski definition) is 1. The van der Waals surface area contributed by atoms with Crippen LogP contribution in [0.2, 0.25) is 0 Å². The van der Waals surface area contributed by atoms with Gasteiger partial charge in [-0.2, -0.15) is 5.10 Å². The zero-order valence-electron chi connectivity index (χ0n) is 10.0. The van der Waals surface area contributed by atoms with Crippen LogP contribution in [-0.4, -0.2) is 28.1 Å². The van der Waals surface area contributed by atoms with Crippen LogP contribution in [0.4, 0.5) is 0 Å². The number of hydrogen-bond acceptors (Lipinski definition) is 3. The fourth-order valence-corrected chi connectivity index (χ4v) is 2.44. The molecule has 1 aromatic rings. The normalized spacial score (nSPS) is 25.9. The van der Waals surface area contributed by atoms with E-state index in [1.54, 1.807) is 0 Å². The lowest BCUT2D eigenvalue weighted by molar-refractivity contribution is -0.0461. The number of nitrogens with zero attached hydrogens (tertiary/aromatic N) is 2. The molecule has 2 heterocycles. The molecule has 0 aromatic carbocycles. The summed E-state index contributed by atoms with van der Waals surface area (Å²) < 4.78 is 7.64. The van der Waals surface area contributed by atoms with Crippen LogP contribution in [-0.2, 0) is 18.2 Å². The maximum absolute atomic E-state index is 9.39. The number of aliphatic hydroxyl groups is 1. The van der Waals surface area contributed by atoms with E-state index in [9.17, 15) is 5.11 Å². The van der Waals surface area contributed by atoms with Crippen molar-refractivity contribution in [3.8, 4) is 0 Å². The first-order chi connectivity index (χ1) is 7.76. The number of ether oxygens (including phenoxy) is 1. The summed E-state index contributed by atoms with van der Waals surface area (Å²) in [4.78, 5) is 0. The maximum Gasteiger partial charge on any atom is 0.0908 e. The lowest BCUT2D eigenvalue weighted by Gasteiger charge is -2.30. The van der Waals surface area contributed by atoms with Crippen molar-refractivity contribution in [3.63, 3.8) is 0 Å². The highest BCUT2D eigenvalue weighted by molar-refractivity contribution is 5.21. The van der Waals surface area contributed by atoms with Crippen molar-refractivity contribution >= 4 is 0 Å². The summed E-state index contributed by atoms with van der Waals surface area (Å²) in [5.74, 6) is 0.225. The van der Waals surface area contributed by atoms with Gasteiger partial charge in [0.05, 0.1) is 11.8 Å². The minimum atomic E-state index is 0.0300. The van der Waals surface area contributed by atoms with E-state index in [-0.39, 0.29) is 18.6 Å². The first-order valence-corrected chi connectivity index (χ1v) is 6.01. The monoisotopic (exact) mass is 224 g/mol. The van der Waals surface area contributed by atoms with Crippen LogP contribution >= 0.6 is 0 Å². The van der Waals surface area contributed by atoms with Gasteiger partial charge in [0.2, 0.25) is 0 Å². The van der Waals surface area contributed by atoms with Gasteiger partial charge in [-0.15, -0.1) is 0 Å². The lowest BCUT2D eigenvalue weighted by atomic mass is 9.90. The molecule has 2 atom stereocenters. The zero-order chi connectivity index (χ0) is 11.5. The van der Waals surface area contributed by atoms with Gasteiger partial charge in [0.15, 0.2) is 0 Å². The number of rotatable bonds is 3. The molecule has 16 heavy (non-hydrogen) atoms. The molecule has 0 radical (unpaired) electrons. The van der Waals surface area contributed by atoms with Gasteiger partial charge in [0, 0.05) is 37.9 Å². The summed E-state index contributed by atoms with van der Waals surface area (Å²) in [6.07, 6.45) is 5.05. The molecule has 0 amide bonds. The molecule has 90 valence electrons. The van der Waals surface area contributed by atoms with Crippen molar-refractivity contribution < 1.29 is 9.84 Å². The molecular weight excluding hydrogens is 204 g/mol. The molecule has 0 saturated carbocycles. The minimum Gasteiger partial charge on any atom is -0.396 e.